The second kappa shape index (κ2) is 6.42. The molecule has 0 aliphatic carbocycles. The number of carbonyl (C=O) groups is 1. The Bertz CT molecular complexity index is 565. The van der Waals surface area contributed by atoms with E-state index in [1.54, 1.807) is 0 Å². The molecular weight excluding hydrogens is 342 g/mol. The minimum Gasteiger partial charge on any atom is -0.380 e. The monoisotopic (exact) mass is 348 g/mol. The zero-order valence-corrected chi connectivity index (χ0v) is 11.2. The third-order valence-corrected chi connectivity index (χ3v) is 2.46. The normalized spacial score (nSPS) is 13.1. The number of carbonyl (C=O) groups excluding carboxylic acids is 1. The van der Waals surface area contributed by atoms with Crippen molar-refractivity contribution in [2.45, 2.75) is 12.4 Å². The Morgan fingerprint density at radius 3 is 1.91 bits per heavy atom. The summed E-state index contributed by atoms with van der Waals surface area (Å²) in [7, 11) is 0. The fourth-order valence-electron chi connectivity index (χ4n) is 1.28. The minimum absolute atomic E-state index is 0.0679. The first-order valence-electron chi connectivity index (χ1n) is 5.34. The number of benzene rings is 1. The van der Waals surface area contributed by atoms with Crippen LogP contribution in [-0.4, -0.2) is 17.7 Å². The Balaban J connectivity index is 3.32. The van der Waals surface area contributed by atoms with Crippen LogP contribution in [0.3, 0.4) is 0 Å². The van der Waals surface area contributed by atoms with E-state index in [1.165, 1.54) is 0 Å². The van der Waals surface area contributed by atoms with Gasteiger partial charge in [0.05, 0.1) is 11.1 Å². The summed E-state index contributed by atoms with van der Waals surface area (Å²) in [5, 5.41) is 2.94. The van der Waals surface area contributed by atoms with Gasteiger partial charge in [0, 0.05) is 5.56 Å². The van der Waals surface area contributed by atoms with Gasteiger partial charge in [0.1, 0.15) is 5.88 Å². The van der Waals surface area contributed by atoms with Crippen molar-refractivity contribution in [3.63, 3.8) is 0 Å². The lowest BCUT2D eigenvalue weighted by Crippen LogP contribution is -2.19. The molecule has 4 nitrogen and oxygen atoms in total. The zero-order chi connectivity index (χ0) is 17.1. The molecule has 0 heterocycles. The van der Waals surface area contributed by atoms with Crippen molar-refractivity contribution >= 4 is 23.4 Å². The van der Waals surface area contributed by atoms with Gasteiger partial charge in [-0.2, -0.15) is 26.3 Å². The van der Waals surface area contributed by atoms with Crippen LogP contribution < -0.4 is 5.73 Å². The van der Waals surface area contributed by atoms with Crippen molar-refractivity contribution in [3.05, 3.63) is 34.9 Å². The lowest BCUT2D eigenvalue weighted by atomic mass is 10.0. The molecule has 0 spiro atoms. The van der Waals surface area contributed by atoms with E-state index < -0.39 is 46.7 Å². The Hall–Kier alpha value is -1.97. The summed E-state index contributed by atoms with van der Waals surface area (Å²) in [6.45, 7) is 0. The molecule has 1 aromatic carbocycles. The molecular formula is C11H7ClF6N2O2. The topological polar surface area (TPSA) is 64.7 Å². The molecule has 0 aliphatic rings. The van der Waals surface area contributed by atoms with Gasteiger partial charge < -0.3 is 10.6 Å². The molecule has 0 amide bonds. The highest BCUT2D eigenvalue weighted by atomic mass is 35.5. The van der Waals surface area contributed by atoms with Crippen LogP contribution in [0.2, 0.25) is 0 Å². The molecule has 0 bridgehead atoms. The van der Waals surface area contributed by atoms with Gasteiger partial charge >= 0.3 is 18.3 Å². The summed E-state index contributed by atoms with van der Waals surface area (Å²) in [5.74, 6) is -2.53. The highest BCUT2D eigenvalue weighted by Crippen LogP contribution is 2.36. The Kier molecular flexibility index (Phi) is 5.28. The molecule has 0 radical (unpaired) electrons. The van der Waals surface area contributed by atoms with E-state index in [2.05, 4.69) is 9.99 Å². The van der Waals surface area contributed by atoms with Gasteiger partial charge in [-0.05, 0) is 18.2 Å². The van der Waals surface area contributed by atoms with Gasteiger partial charge in [-0.1, -0.05) is 5.16 Å². The van der Waals surface area contributed by atoms with Gasteiger partial charge in [-0.3, -0.25) is 0 Å². The summed E-state index contributed by atoms with van der Waals surface area (Å²) in [4.78, 5) is 14.8. The quantitative estimate of drug-likeness (QED) is 0.228. The van der Waals surface area contributed by atoms with Crippen LogP contribution in [0, 0.1) is 0 Å². The van der Waals surface area contributed by atoms with Gasteiger partial charge in [0.25, 0.3) is 0 Å². The SMILES string of the molecule is NC(=NOC(=O)CCl)c1cc(C(F)(F)F)cc(C(F)(F)F)c1. The van der Waals surface area contributed by atoms with Crippen LogP contribution in [-0.2, 0) is 22.0 Å². The van der Waals surface area contributed by atoms with Gasteiger partial charge in [-0.15, -0.1) is 11.6 Å². The number of nitrogens with two attached hydrogens (primary N) is 1. The number of amidine groups is 1. The average molecular weight is 349 g/mol. The smallest absolute Gasteiger partial charge is 0.380 e. The maximum atomic E-state index is 12.6. The summed E-state index contributed by atoms with van der Waals surface area (Å²) < 4.78 is 75.7. The van der Waals surface area contributed by atoms with E-state index in [4.69, 9.17) is 17.3 Å². The van der Waals surface area contributed by atoms with Crippen molar-refractivity contribution < 1.29 is 36.0 Å². The number of hydrogen-bond donors (Lipinski definition) is 1. The standard InChI is InChI=1S/C11H7ClF6N2O2/c12-4-8(21)22-20-9(19)5-1-6(10(13,14)15)3-7(2-5)11(16,17)18/h1-3H,4H2,(H2,19,20). The second-order valence-electron chi connectivity index (χ2n) is 3.87. The highest BCUT2D eigenvalue weighted by molar-refractivity contribution is 6.26. The zero-order valence-electron chi connectivity index (χ0n) is 10.4. The van der Waals surface area contributed by atoms with Gasteiger partial charge in [0.15, 0.2) is 5.84 Å². The van der Waals surface area contributed by atoms with E-state index >= 15 is 0 Å². The number of hydrogen-bond acceptors (Lipinski definition) is 3. The largest absolute Gasteiger partial charge is 0.416 e. The van der Waals surface area contributed by atoms with Crippen molar-refractivity contribution in [3.8, 4) is 0 Å². The molecule has 0 saturated heterocycles. The van der Waals surface area contributed by atoms with E-state index in [-0.39, 0.29) is 6.07 Å². The van der Waals surface area contributed by atoms with Crippen molar-refractivity contribution in [2.24, 2.45) is 10.9 Å². The first kappa shape index (κ1) is 18.1. The molecule has 0 fully saturated rings. The molecule has 1 rings (SSSR count). The molecule has 0 unspecified atom stereocenters. The third kappa shape index (κ3) is 4.79. The van der Waals surface area contributed by atoms with E-state index in [0.29, 0.717) is 12.1 Å². The number of halogens is 7. The van der Waals surface area contributed by atoms with Crippen molar-refractivity contribution in [1.29, 1.82) is 0 Å². The van der Waals surface area contributed by atoms with Gasteiger partial charge in [-0.25, -0.2) is 4.79 Å². The van der Waals surface area contributed by atoms with E-state index in [1.807, 2.05) is 0 Å². The van der Waals surface area contributed by atoms with Crippen LogP contribution in [0.1, 0.15) is 16.7 Å². The summed E-state index contributed by atoms with van der Waals surface area (Å²) >= 11 is 5.07. The highest BCUT2D eigenvalue weighted by Gasteiger charge is 2.37. The third-order valence-electron chi connectivity index (χ3n) is 2.24. The van der Waals surface area contributed by atoms with Crippen molar-refractivity contribution in [2.75, 3.05) is 5.88 Å². The Morgan fingerprint density at radius 1 is 1.09 bits per heavy atom. The van der Waals surface area contributed by atoms with E-state index in [9.17, 15) is 31.1 Å². The summed E-state index contributed by atoms with van der Waals surface area (Å²) in [5.41, 5.74) is 1.37. The Morgan fingerprint density at radius 2 is 1.55 bits per heavy atom. The first-order valence-corrected chi connectivity index (χ1v) is 5.87. The molecule has 1 aromatic rings. The van der Waals surface area contributed by atoms with Crippen molar-refractivity contribution in [1.82, 2.24) is 0 Å². The van der Waals surface area contributed by atoms with Crippen LogP contribution in [0.15, 0.2) is 23.4 Å². The van der Waals surface area contributed by atoms with Crippen LogP contribution >= 0.6 is 11.6 Å². The first-order chi connectivity index (χ1) is 9.95. The molecule has 0 atom stereocenters. The summed E-state index contributed by atoms with van der Waals surface area (Å²) in [6.07, 6.45) is -10.0. The molecule has 11 heteroatoms. The van der Waals surface area contributed by atoms with Crippen LogP contribution in [0.25, 0.3) is 0 Å². The minimum atomic E-state index is -5.02. The molecule has 2 N–H and O–H groups in total. The fraction of sp³-hybridized carbons (Fsp3) is 0.273. The Labute approximate surface area is 124 Å². The maximum absolute atomic E-state index is 12.6. The summed E-state index contributed by atoms with van der Waals surface area (Å²) in [6, 6.07) is 0.632. The fourth-order valence-corrected chi connectivity index (χ4v) is 1.33. The van der Waals surface area contributed by atoms with E-state index in [0.717, 1.165) is 0 Å². The molecule has 0 saturated carbocycles. The predicted molar refractivity (Wildman–Crippen MR) is 64.0 cm³/mol. The average Bonchev–Trinajstić information content (AvgIpc) is 2.41. The molecule has 122 valence electrons. The predicted octanol–water partition coefficient (Wildman–Crippen LogP) is 3.13. The molecule has 0 aliphatic heterocycles. The second-order valence-corrected chi connectivity index (χ2v) is 4.14. The number of alkyl halides is 7. The maximum Gasteiger partial charge on any atom is 0.416 e. The van der Waals surface area contributed by atoms with Crippen LogP contribution in [0.4, 0.5) is 26.3 Å². The molecule has 22 heavy (non-hydrogen) atoms. The lowest BCUT2D eigenvalue weighted by Gasteiger charge is -2.13. The number of oxime groups is 1. The lowest BCUT2D eigenvalue weighted by molar-refractivity contribution is -0.143. The number of rotatable bonds is 3. The van der Waals surface area contributed by atoms with Crippen LogP contribution in [0.5, 0.6) is 0 Å². The van der Waals surface area contributed by atoms with Gasteiger partial charge in [0.2, 0.25) is 0 Å². The molecule has 0 aromatic heterocycles. The number of nitrogens with zero attached hydrogens (tertiary/aromatic N) is 1.